The Bertz CT molecular complexity index is 441. The average Bonchev–Trinajstić information content (AvgIpc) is 2.29. The van der Waals surface area contributed by atoms with Crippen molar-refractivity contribution < 1.29 is 29.4 Å². The summed E-state index contributed by atoms with van der Waals surface area (Å²) in [5.74, 6) is -1.01. The number of carbonyl (C=O) groups is 1. The van der Waals surface area contributed by atoms with Gasteiger partial charge in [0.25, 0.3) is 0 Å². The van der Waals surface area contributed by atoms with E-state index in [-0.39, 0.29) is 19.5 Å². The Morgan fingerprint density at radius 1 is 1.22 bits per heavy atom. The summed E-state index contributed by atoms with van der Waals surface area (Å²) in [6, 6.07) is 10.0. The van der Waals surface area contributed by atoms with E-state index >= 15 is 0 Å². The van der Waals surface area contributed by atoms with Crippen molar-refractivity contribution >= 4 is 16.7 Å². The van der Waals surface area contributed by atoms with Crippen LogP contribution >= 0.6 is 0 Å². The molecule has 0 aliphatic rings. The standard InChI is InChI=1S/C9H6N.C5H10O2.Zn/c1-2-4-9-7-10-6-5-8(9)3-1;1-5(2,3)4(6)7;/h1-6H;1-3H3,(H,6,7);/q-1;;+2/p-1. The minimum atomic E-state index is -1.01. The Hall–Kier alpha value is -1.28. The Kier molecular flexibility index (Phi) is 6.71. The van der Waals surface area contributed by atoms with Crippen LogP contribution in [0.5, 0.6) is 0 Å². The summed E-state index contributed by atoms with van der Waals surface area (Å²) in [7, 11) is 0. The van der Waals surface area contributed by atoms with Gasteiger partial charge in [0, 0.05) is 11.4 Å². The molecule has 4 heteroatoms. The molecule has 0 saturated heterocycles. The molecule has 0 bridgehead atoms. The van der Waals surface area contributed by atoms with Crippen molar-refractivity contribution in [2.45, 2.75) is 20.8 Å². The van der Waals surface area contributed by atoms with Crippen LogP contribution < -0.4 is 5.11 Å². The fraction of sp³-hybridized carbons (Fsp3) is 0.286. The number of carboxylic acid groups (broad SMARTS) is 1. The van der Waals surface area contributed by atoms with Crippen molar-refractivity contribution in [3.63, 3.8) is 0 Å². The Morgan fingerprint density at radius 2 is 1.78 bits per heavy atom. The molecular weight excluding hydrogens is 280 g/mol. The van der Waals surface area contributed by atoms with Crippen LogP contribution in [0.3, 0.4) is 0 Å². The van der Waals surface area contributed by atoms with Crippen molar-refractivity contribution in [2.24, 2.45) is 5.41 Å². The molecule has 0 saturated carbocycles. The molecule has 0 fully saturated rings. The van der Waals surface area contributed by atoms with E-state index in [1.165, 1.54) is 5.39 Å². The van der Waals surface area contributed by atoms with Gasteiger partial charge in [-0.25, -0.2) is 0 Å². The van der Waals surface area contributed by atoms with Crippen molar-refractivity contribution in [1.82, 2.24) is 4.98 Å². The first kappa shape index (κ1) is 16.7. The van der Waals surface area contributed by atoms with Crippen molar-refractivity contribution in [2.75, 3.05) is 0 Å². The minimum absolute atomic E-state index is 0. The molecule has 18 heavy (non-hydrogen) atoms. The molecule has 0 aliphatic heterocycles. The number of carboxylic acids is 1. The van der Waals surface area contributed by atoms with Crippen molar-refractivity contribution in [3.8, 4) is 0 Å². The normalized spacial score (nSPS) is 9.94. The van der Waals surface area contributed by atoms with Crippen LogP contribution in [0, 0.1) is 11.6 Å². The van der Waals surface area contributed by atoms with Crippen molar-refractivity contribution in [1.29, 1.82) is 0 Å². The molecule has 0 amide bonds. The van der Waals surface area contributed by atoms with Gasteiger partial charge in [0.1, 0.15) is 0 Å². The third kappa shape index (κ3) is 5.37. The van der Waals surface area contributed by atoms with Crippen LogP contribution in [0.25, 0.3) is 10.8 Å². The van der Waals surface area contributed by atoms with Gasteiger partial charge in [-0.3, -0.25) is 0 Å². The molecule has 1 heterocycles. The second-order valence-electron chi connectivity index (χ2n) is 4.68. The van der Waals surface area contributed by atoms with E-state index in [9.17, 15) is 9.90 Å². The number of carbonyl (C=O) groups excluding carboxylic acids is 1. The van der Waals surface area contributed by atoms with Crippen LogP contribution in [0.15, 0.2) is 36.5 Å². The van der Waals surface area contributed by atoms with E-state index in [4.69, 9.17) is 0 Å². The second-order valence-corrected chi connectivity index (χ2v) is 4.68. The van der Waals surface area contributed by atoms with Gasteiger partial charge in [-0.1, -0.05) is 39.1 Å². The summed E-state index contributed by atoms with van der Waals surface area (Å²) in [5, 5.41) is 12.2. The number of aromatic nitrogens is 1. The van der Waals surface area contributed by atoms with Gasteiger partial charge in [-0.2, -0.15) is 0 Å². The summed E-state index contributed by atoms with van der Waals surface area (Å²) in [4.78, 5) is 13.8. The van der Waals surface area contributed by atoms with Gasteiger partial charge in [-0.05, 0) is 6.20 Å². The monoisotopic (exact) mass is 293 g/mol. The van der Waals surface area contributed by atoms with Gasteiger partial charge in [0.2, 0.25) is 0 Å². The van der Waals surface area contributed by atoms with E-state index in [1.54, 1.807) is 27.0 Å². The zero-order chi connectivity index (χ0) is 12.9. The Balaban J connectivity index is 0.000000326. The third-order valence-electron chi connectivity index (χ3n) is 2.09. The molecule has 0 spiro atoms. The van der Waals surface area contributed by atoms with E-state index in [2.05, 4.69) is 11.2 Å². The Labute approximate surface area is 120 Å². The molecule has 0 atom stereocenters. The van der Waals surface area contributed by atoms with Crippen LogP contribution in [0.2, 0.25) is 0 Å². The zero-order valence-electron chi connectivity index (χ0n) is 10.9. The van der Waals surface area contributed by atoms with Gasteiger partial charge in [0.15, 0.2) is 0 Å². The number of rotatable bonds is 0. The van der Waals surface area contributed by atoms with Crippen LogP contribution in [0.4, 0.5) is 0 Å². The number of nitrogens with zero attached hydrogens (tertiary/aromatic N) is 1. The number of hydrogen-bond donors (Lipinski definition) is 0. The molecular formula is C14H15NO2Zn. The molecule has 0 aliphatic carbocycles. The molecule has 3 nitrogen and oxygen atoms in total. The number of fused-ring (bicyclic) bond motifs is 1. The predicted octanol–water partition coefficient (Wildman–Crippen LogP) is 1.81. The maximum Gasteiger partial charge on any atom is 2.00 e. The second kappa shape index (κ2) is 7.22. The predicted molar refractivity (Wildman–Crippen MR) is 65.0 cm³/mol. The van der Waals surface area contributed by atoms with E-state index in [0.29, 0.717) is 0 Å². The SMILES string of the molecule is CC(C)(C)C(=O)[O-].[Zn+2].[c-]1nccc2ccccc12. The van der Waals surface area contributed by atoms with E-state index in [0.717, 1.165) is 5.39 Å². The Morgan fingerprint density at radius 3 is 2.28 bits per heavy atom. The van der Waals surface area contributed by atoms with Crippen molar-refractivity contribution in [3.05, 3.63) is 42.7 Å². The average molecular weight is 295 g/mol. The number of hydrogen-bond acceptors (Lipinski definition) is 3. The summed E-state index contributed by atoms with van der Waals surface area (Å²) in [5.41, 5.74) is -0.694. The fourth-order valence-electron chi connectivity index (χ4n) is 0.969. The molecule has 0 unspecified atom stereocenters. The summed E-state index contributed by atoms with van der Waals surface area (Å²) < 4.78 is 0. The van der Waals surface area contributed by atoms with Gasteiger partial charge in [0.05, 0.1) is 0 Å². The largest absolute Gasteiger partial charge is 2.00 e. The number of aliphatic carboxylic acids is 1. The van der Waals surface area contributed by atoms with E-state index < -0.39 is 11.4 Å². The van der Waals surface area contributed by atoms with E-state index in [1.807, 2.05) is 30.3 Å². The maximum absolute atomic E-state index is 9.91. The first-order chi connectivity index (χ1) is 7.91. The zero-order valence-corrected chi connectivity index (χ0v) is 13.9. The van der Waals surface area contributed by atoms with Gasteiger partial charge < -0.3 is 14.9 Å². The van der Waals surface area contributed by atoms with Gasteiger partial charge in [-0.15, -0.1) is 29.0 Å². The summed E-state index contributed by atoms with van der Waals surface area (Å²) >= 11 is 0. The fourth-order valence-corrected chi connectivity index (χ4v) is 0.969. The molecule has 90 valence electrons. The quantitative estimate of drug-likeness (QED) is 0.550. The molecule has 2 aromatic rings. The molecule has 0 N–H and O–H groups in total. The summed E-state index contributed by atoms with van der Waals surface area (Å²) in [6.45, 7) is 4.80. The molecule has 2 rings (SSSR count). The molecule has 0 radical (unpaired) electrons. The number of pyridine rings is 1. The first-order valence-electron chi connectivity index (χ1n) is 5.34. The third-order valence-corrected chi connectivity index (χ3v) is 2.09. The minimum Gasteiger partial charge on any atom is -0.550 e. The first-order valence-corrected chi connectivity index (χ1v) is 5.34. The van der Waals surface area contributed by atoms with Crippen LogP contribution in [0.1, 0.15) is 20.8 Å². The molecule has 1 aromatic carbocycles. The van der Waals surface area contributed by atoms with Crippen LogP contribution in [-0.2, 0) is 24.3 Å². The topological polar surface area (TPSA) is 53.0 Å². The molecule has 1 aromatic heterocycles. The summed E-state index contributed by atoms with van der Waals surface area (Å²) in [6.07, 6.45) is 4.65. The smallest absolute Gasteiger partial charge is 0.550 e. The van der Waals surface area contributed by atoms with Gasteiger partial charge >= 0.3 is 19.5 Å². The number of benzene rings is 1. The maximum atomic E-state index is 9.91. The van der Waals surface area contributed by atoms with Crippen LogP contribution in [-0.4, -0.2) is 11.0 Å².